The molecule has 0 amide bonds. The first-order valence-corrected chi connectivity index (χ1v) is 2.69. The second-order valence-electron chi connectivity index (χ2n) is 2.02. The Kier molecular flexibility index (Phi) is 1.58. The molecule has 57 valence electrons. The number of hydrogen-bond acceptors (Lipinski definition) is 2. The normalized spacial score (nSPS) is 26.0. The molecule has 1 unspecified atom stereocenters. The lowest BCUT2D eigenvalue weighted by Gasteiger charge is -2.20. The molecule has 10 heavy (non-hydrogen) atoms. The van der Waals surface area contributed by atoms with Gasteiger partial charge < -0.3 is 0 Å². The van der Waals surface area contributed by atoms with Crippen LogP contribution in [0.25, 0.3) is 0 Å². The third-order valence-electron chi connectivity index (χ3n) is 1.26. The van der Waals surface area contributed by atoms with Crippen molar-refractivity contribution in [2.45, 2.75) is 12.2 Å². The van der Waals surface area contributed by atoms with Crippen LogP contribution in [0.2, 0.25) is 0 Å². The van der Waals surface area contributed by atoms with Crippen molar-refractivity contribution in [3.05, 3.63) is 6.42 Å². The number of rotatable bonds is 0. The first-order valence-electron chi connectivity index (χ1n) is 2.69. The third-order valence-corrected chi connectivity index (χ3v) is 1.26. The van der Waals surface area contributed by atoms with E-state index in [0.29, 0.717) is 0 Å². The molecule has 0 spiro atoms. The van der Waals surface area contributed by atoms with Gasteiger partial charge >= 0.3 is 6.18 Å². The molecule has 5 heteroatoms. The van der Waals surface area contributed by atoms with Crippen LogP contribution in [0.15, 0.2) is 5.10 Å². The van der Waals surface area contributed by atoms with Gasteiger partial charge in [-0.05, 0) is 0 Å². The average molecular weight is 151 g/mol. The second-order valence-corrected chi connectivity index (χ2v) is 2.02. The molecule has 1 atom stereocenters. The molecule has 1 radical (unpaired) electrons. The molecular weight excluding hydrogens is 145 g/mol. The summed E-state index contributed by atoms with van der Waals surface area (Å²) in [6, 6.07) is -1.53. The minimum absolute atomic E-state index is 0.875. The van der Waals surface area contributed by atoms with Gasteiger partial charge in [0.2, 0.25) is 0 Å². The van der Waals surface area contributed by atoms with Gasteiger partial charge in [0.15, 0.2) is 6.04 Å². The van der Waals surface area contributed by atoms with Crippen LogP contribution < -0.4 is 0 Å². The third kappa shape index (κ3) is 1.22. The molecule has 0 saturated heterocycles. The summed E-state index contributed by atoms with van der Waals surface area (Å²) in [5.74, 6) is 0. The number of hydrazone groups is 1. The van der Waals surface area contributed by atoms with Crippen LogP contribution in [0.5, 0.6) is 0 Å². The fourth-order valence-corrected chi connectivity index (χ4v) is 0.743. The predicted molar refractivity (Wildman–Crippen MR) is 30.4 cm³/mol. The molecule has 0 aliphatic carbocycles. The SMILES string of the molecule is CN1N=C[CH]C1C(F)(F)F. The first kappa shape index (κ1) is 7.37. The highest BCUT2D eigenvalue weighted by atomic mass is 19.4. The van der Waals surface area contributed by atoms with Gasteiger partial charge in [-0.1, -0.05) is 0 Å². The Labute approximate surface area is 56.3 Å². The molecule has 1 rings (SSSR count). The lowest BCUT2D eigenvalue weighted by Crippen LogP contribution is -2.37. The Morgan fingerprint density at radius 1 is 1.50 bits per heavy atom. The lowest BCUT2D eigenvalue weighted by molar-refractivity contribution is -0.166. The summed E-state index contributed by atoms with van der Waals surface area (Å²) < 4.78 is 35.6. The van der Waals surface area contributed by atoms with Gasteiger partial charge in [-0.15, -0.1) is 0 Å². The Morgan fingerprint density at radius 2 is 2.10 bits per heavy atom. The van der Waals surface area contributed by atoms with E-state index in [9.17, 15) is 13.2 Å². The summed E-state index contributed by atoms with van der Waals surface area (Å²) in [6.45, 7) is 0. The summed E-state index contributed by atoms with van der Waals surface area (Å²) in [7, 11) is 1.29. The van der Waals surface area contributed by atoms with Crippen molar-refractivity contribution in [3.8, 4) is 0 Å². The zero-order valence-electron chi connectivity index (χ0n) is 5.26. The van der Waals surface area contributed by atoms with E-state index in [2.05, 4.69) is 5.10 Å². The minimum atomic E-state index is -4.20. The van der Waals surface area contributed by atoms with Gasteiger partial charge in [0, 0.05) is 19.7 Å². The molecule has 0 N–H and O–H groups in total. The van der Waals surface area contributed by atoms with Gasteiger partial charge in [-0.25, -0.2) is 0 Å². The molecule has 2 nitrogen and oxygen atoms in total. The van der Waals surface area contributed by atoms with Crippen molar-refractivity contribution in [1.82, 2.24) is 5.01 Å². The molecular formula is C5H6F3N2. The number of nitrogens with zero attached hydrogens (tertiary/aromatic N) is 2. The van der Waals surface area contributed by atoms with E-state index < -0.39 is 12.2 Å². The maximum Gasteiger partial charge on any atom is 0.411 e. The van der Waals surface area contributed by atoms with Gasteiger partial charge in [-0.2, -0.15) is 18.3 Å². The smallest absolute Gasteiger partial charge is 0.288 e. The van der Waals surface area contributed by atoms with Crippen molar-refractivity contribution >= 4 is 6.21 Å². The highest BCUT2D eigenvalue weighted by Crippen LogP contribution is 2.27. The summed E-state index contributed by atoms with van der Waals surface area (Å²) in [5, 5.41) is 4.29. The molecule has 0 aromatic carbocycles. The molecule has 1 aliphatic heterocycles. The Morgan fingerprint density at radius 3 is 2.30 bits per heavy atom. The van der Waals surface area contributed by atoms with E-state index in [0.717, 1.165) is 17.6 Å². The Balaban J connectivity index is 2.60. The quantitative estimate of drug-likeness (QED) is 0.505. The summed E-state index contributed by atoms with van der Waals surface area (Å²) in [6.07, 6.45) is -2.04. The van der Waals surface area contributed by atoms with Gasteiger partial charge in [-0.3, -0.25) is 5.01 Å². The van der Waals surface area contributed by atoms with Crippen LogP contribution in [0.3, 0.4) is 0 Å². The molecule has 0 bridgehead atoms. The van der Waals surface area contributed by atoms with Crippen LogP contribution in [-0.2, 0) is 0 Å². The molecule has 0 fully saturated rings. The summed E-state index contributed by atoms with van der Waals surface area (Å²) in [4.78, 5) is 0. The van der Waals surface area contributed by atoms with E-state index in [-0.39, 0.29) is 0 Å². The van der Waals surface area contributed by atoms with E-state index in [1.165, 1.54) is 7.05 Å². The average Bonchev–Trinajstić information content (AvgIpc) is 2.11. The number of alkyl halides is 3. The molecule has 1 heterocycles. The highest BCUT2D eigenvalue weighted by Gasteiger charge is 2.43. The Hall–Kier alpha value is -0.740. The fourth-order valence-electron chi connectivity index (χ4n) is 0.743. The summed E-state index contributed by atoms with van der Waals surface area (Å²) >= 11 is 0. The minimum Gasteiger partial charge on any atom is -0.288 e. The Bertz CT molecular complexity index is 151. The monoisotopic (exact) mass is 151 g/mol. The van der Waals surface area contributed by atoms with Crippen LogP contribution >= 0.6 is 0 Å². The van der Waals surface area contributed by atoms with Gasteiger partial charge in [0.25, 0.3) is 0 Å². The molecule has 0 saturated carbocycles. The van der Waals surface area contributed by atoms with Crippen molar-refractivity contribution < 1.29 is 13.2 Å². The van der Waals surface area contributed by atoms with Crippen LogP contribution in [0.4, 0.5) is 13.2 Å². The lowest BCUT2D eigenvalue weighted by atomic mass is 10.2. The fraction of sp³-hybridized carbons (Fsp3) is 0.600. The van der Waals surface area contributed by atoms with Crippen LogP contribution in [-0.4, -0.2) is 30.5 Å². The zero-order valence-corrected chi connectivity index (χ0v) is 5.26. The van der Waals surface area contributed by atoms with Gasteiger partial charge in [0.1, 0.15) is 0 Å². The van der Waals surface area contributed by atoms with Crippen LogP contribution in [0, 0.1) is 6.42 Å². The second kappa shape index (κ2) is 2.14. The van der Waals surface area contributed by atoms with Crippen molar-refractivity contribution in [2.75, 3.05) is 7.05 Å². The number of hydrogen-bond donors (Lipinski definition) is 0. The highest BCUT2D eigenvalue weighted by molar-refractivity contribution is 5.71. The van der Waals surface area contributed by atoms with E-state index in [1.54, 1.807) is 0 Å². The van der Waals surface area contributed by atoms with Gasteiger partial charge in [0.05, 0.1) is 0 Å². The summed E-state index contributed by atoms with van der Waals surface area (Å²) in [5.41, 5.74) is 0. The first-order chi connectivity index (χ1) is 4.52. The zero-order chi connectivity index (χ0) is 7.78. The van der Waals surface area contributed by atoms with Crippen molar-refractivity contribution in [1.29, 1.82) is 0 Å². The van der Waals surface area contributed by atoms with E-state index in [4.69, 9.17) is 0 Å². The molecule has 0 aromatic heterocycles. The topological polar surface area (TPSA) is 15.6 Å². The maximum absolute atomic E-state index is 11.9. The van der Waals surface area contributed by atoms with E-state index >= 15 is 0 Å². The maximum atomic E-state index is 11.9. The van der Waals surface area contributed by atoms with Crippen molar-refractivity contribution in [2.24, 2.45) is 5.10 Å². The van der Waals surface area contributed by atoms with Crippen LogP contribution in [0.1, 0.15) is 0 Å². The van der Waals surface area contributed by atoms with Crippen molar-refractivity contribution in [3.63, 3.8) is 0 Å². The van der Waals surface area contributed by atoms with E-state index in [1.807, 2.05) is 0 Å². The molecule has 0 aromatic rings. The largest absolute Gasteiger partial charge is 0.411 e. The predicted octanol–water partition coefficient (Wildman–Crippen LogP) is 1.05. The standard InChI is InChI=1S/C5H6F3N2/c1-10-4(2-3-9-10)5(6,7)8/h2-4H,1H3. The molecule has 1 aliphatic rings. The number of halogens is 3.